The van der Waals surface area contributed by atoms with Crippen molar-refractivity contribution in [1.29, 1.82) is 0 Å². The van der Waals surface area contributed by atoms with Gasteiger partial charge in [0.2, 0.25) is 11.0 Å². The number of amides is 2. The molecule has 1 aromatic carbocycles. The number of anilines is 2. The summed E-state index contributed by atoms with van der Waals surface area (Å²) in [6.45, 7) is 2.50. The number of carbonyl (C=O) groups excluding carboxylic acids is 2. The van der Waals surface area contributed by atoms with Crippen molar-refractivity contribution in [3.05, 3.63) is 48.4 Å². The van der Waals surface area contributed by atoms with Crippen LogP contribution in [0.2, 0.25) is 0 Å². The monoisotopic (exact) mass is 404 g/mol. The molecule has 2 N–H and O–H groups in total. The summed E-state index contributed by atoms with van der Waals surface area (Å²) in [7, 11) is 0. The molecule has 0 aliphatic rings. The van der Waals surface area contributed by atoms with Gasteiger partial charge >= 0.3 is 0 Å². The van der Waals surface area contributed by atoms with E-state index >= 15 is 0 Å². The summed E-state index contributed by atoms with van der Waals surface area (Å²) >= 11 is 2.42. The van der Waals surface area contributed by atoms with Crippen molar-refractivity contribution in [1.82, 2.24) is 10.2 Å². The van der Waals surface area contributed by atoms with Crippen LogP contribution in [0.4, 0.5) is 10.8 Å². The molecule has 0 aliphatic heterocycles. The summed E-state index contributed by atoms with van der Waals surface area (Å²) in [5, 5.41) is 13.6. The van der Waals surface area contributed by atoms with Crippen molar-refractivity contribution in [2.45, 2.75) is 11.3 Å². The average Bonchev–Trinajstić information content (AvgIpc) is 3.34. The Morgan fingerprint density at radius 3 is 2.70 bits per heavy atom. The number of thioether (sulfide) groups is 1. The second-order valence-corrected chi connectivity index (χ2v) is 7.30. The van der Waals surface area contributed by atoms with Crippen LogP contribution in [0.15, 0.2) is 51.4 Å². The predicted molar refractivity (Wildman–Crippen MR) is 104 cm³/mol. The third kappa shape index (κ3) is 5.56. The van der Waals surface area contributed by atoms with E-state index in [1.165, 1.54) is 29.4 Å². The maximum absolute atomic E-state index is 12.0. The van der Waals surface area contributed by atoms with E-state index in [-0.39, 0.29) is 17.4 Å². The first-order valence-corrected chi connectivity index (χ1v) is 9.78. The van der Waals surface area contributed by atoms with E-state index in [4.69, 9.17) is 9.15 Å². The quantitative estimate of drug-likeness (QED) is 0.437. The van der Waals surface area contributed by atoms with Crippen LogP contribution in [0.5, 0.6) is 5.75 Å². The molecule has 0 radical (unpaired) electrons. The fourth-order valence-corrected chi connectivity index (χ4v) is 3.56. The van der Waals surface area contributed by atoms with Crippen LogP contribution in [0.25, 0.3) is 0 Å². The van der Waals surface area contributed by atoms with E-state index in [2.05, 4.69) is 20.8 Å². The zero-order chi connectivity index (χ0) is 19.1. The lowest BCUT2D eigenvalue weighted by atomic mass is 10.3. The minimum Gasteiger partial charge on any atom is -0.494 e. The van der Waals surface area contributed by atoms with Crippen molar-refractivity contribution in [2.75, 3.05) is 23.0 Å². The first-order valence-electron chi connectivity index (χ1n) is 7.98. The third-order valence-corrected chi connectivity index (χ3v) is 5.12. The smallest absolute Gasteiger partial charge is 0.293 e. The molecule has 0 spiro atoms. The summed E-state index contributed by atoms with van der Waals surface area (Å²) in [5.41, 5.74) is 0.688. The summed E-state index contributed by atoms with van der Waals surface area (Å²) in [4.78, 5) is 23.9. The molecule has 2 heterocycles. The lowest BCUT2D eigenvalue weighted by Crippen LogP contribution is -2.13. The van der Waals surface area contributed by atoms with Crippen molar-refractivity contribution in [3.63, 3.8) is 0 Å². The van der Waals surface area contributed by atoms with Crippen LogP contribution in [-0.4, -0.2) is 34.4 Å². The SMILES string of the molecule is CCOc1ccc(NC(=O)CSc2nnc(NC(=O)c3ccco3)s2)cc1. The molecular weight excluding hydrogens is 388 g/mol. The Kier molecular flexibility index (Phi) is 6.44. The van der Waals surface area contributed by atoms with Gasteiger partial charge in [0.25, 0.3) is 5.91 Å². The summed E-state index contributed by atoms with van der Waals surface area (Å²) in [5.74, 6) is 0.548. The normalized spacial score (nSPS) is 10.4. The number of ether oxygens (including phenoxy) is 1. The molecule has 0 saturated carbocycles. The number of benzene rings is 1. The van der Waals surface area contributed by atoms with Crippen LogP contribution >= 0.6 is 23.1 Å². The Bertz CT molecular complexity index is 894. The van der Waals surface area contributed by atoms with Crippen LogP contribution in [0.1, 0.15) is 17.5 Å². The van der Waals surface area contributed by atoms with Gasteiger partial charge in [-0.1, -0.05) is 23.1 Å². The van der Waals surface area contributed by atoms with Gasteiger partial charge in [0.05, 0.1) is 18.6 Å². The summed E-state index contributed by atoms with van der Waals surface area (Å²) < 4.78 is 10.9. The van der Waals surface area contributed by atoms with Crippen molar-refractivity contribution in [3.8, 4) is 5.75 Å². The van der Waals surface area contributed by atoms with Gasteiger partial charge in [0, 0.05) is 5.69 Å². The Labute approximate surface area is 163 Å². The lowest BCUT2D eigenvalue weighted by molar-refractivity contribution is -0.113. The zero-order valence-corrected chi connectivity index (χ0v) is 15.9. The number of furan rings is 1. The molecule has 0 saturated heterocycles. The minimum absolute atomic E-state index is 0.166. The number of nitrogens with zero attached hydrogens (tertiary/aromatic N) is 2. The Balaban J connectivity index is 1.46. The van der Waals surface area contributed by atoms with Crippen LogP contribution in [0.3, 0.4) is 0 Å². The molecule has 0 fully saturated rings. The molecule has 10 heteroatoms. The van der Waals surface area contributed by atoms with Gasteiger partial charge in [-0.05, 0) is 43.3 Å². The van der Waals surface area contributed by atoms with E-state index in [1.54, 1.807) is 36.4 Å². The van der Waals surface area contributed by atoms with Crippen LogP contribution < -0.4 is 15.4 Å². The molecule has 2 amide bonds. The van der Waals surface area contributed by atoms with Crippen LogP contribution in [0, 0.1) is 0 Å². The molecule has 0 bridgehead atoms. The van der Waals surface area contributed by atoms with Crippen molar-refractivity contribution >= 4 is 45.7 Å². The molecule has 0 atom stereocenters. The Morgan fingerprint density at radius 2 is 2.00 bits per heavy atom. The zero-order valence-electron chi connectivity index (χ0n) is 14.3. The molecule has 27 heavy (non-hydrogen) atoms. The first-order chi connectivity index (χ1) is 13.1. The van der Waals surface area contributed by atoms with Gasteiger partial charge in [-0.2, -0.15) is 0 Å². The lowest BCUT2D eigenvalue weighted by Gasteiger charge is -2.06. The van der Waals surface area contributed by atoms with Crippen LogP contribution in [-0.2, 0) is 4.79 Å². The standard InChI is InChI=1S/C17H16N4O4S2/c1-2-24-12-7-5-11(6-8-12)18-14(22)10-26-17-21-20-16(27-17)19-15(23)13-4-3-9-25-13/h3-9H,2,10H2,1H3,(H,18,22)(H,19,20,23). The molecule has 3 aromatic rings. The highest BCUT2D eigenvalue weighted by Gasteiger charge is 2.13. The van der Waals surface area contributed by atoms with Gasteiger partial charge in [0.15, 0.2) is 10.1 Å². The molecule has 140 valence electrons. The topological polar surface area (TPSA) is 106 Å². The van der Waals surface area contributed by atoms with Crippen molar-refractivity contribution in [2.24, 2.45) is 0 Å². The maximum atomic E-state index is 12.0. The number of nitrogens with one attached hydrogen (secondary N) is 2. The number of carbonyl (C=O) groups is 2. The summed E-state index contributed by atoms with van der Waals surface area (Å²) in [6, 6.07) is 10.3. The van der Waals surface area contributed by atoms with Gasteiger partial charge in [-0.3, -0.25) is 14.9 Å². The molecule has 3 rings (SSSR count). The highest BCUT2D eigenvalue weighted by Crippen LogP contribution is 2.26. The van der Waals surface area contributed by atoms with Gasteiger partial charge in [0.1, 0.15) is 5.75 Å². The number of hydrogen-bond donors (Lipinski definition) is 2. The molecular formula is C17H16N4O4S2. The van der Waals surface area contributed by atoms with E-state index in [0.717, 1.165) is 5.75 Å². The summed E-state index contributed by atoms with van der Waals surface area (Å²) in [6.07, 6.45) is 1.42. The fourth-order valence-electron chi connectivity index (χ4n) is 2.01. The second kappa shape index (κ2) is 9.19. The van der Waals surface area contributed by atoms with E-state index in [0.29, 0.717) is 21.8 Å². The largest absolute Gasteiger partial charge is 0.494 e. The number of aromatic nitrogens is 2. The average molecular weight is 404 g/mol. The maximum Gasteiger partial charge on any atom is 0.293 e. The Morgan fingerprint density at radius 1 is 1.19 bits per heavy atom. The second-order valence-electron chi connectivity index (χ2n) is 5.10. The predicted octanol–water partition coefficient (Wildman–Crippen LogP) is 3.51. The first kappa shape index (κ1) is 18.9. The Hall–Kier alpha value is -2.85. The van der Waals surface area contributed by atoms with Crippen molar-refractivity contribution < 1.29 is 18.7 Å². The van der Waals surface area contributed by atoms with Gasteiger partial charge in [-0.15, -0.1) is 10.2 Å². The fraction of sp³-hybridized carbons (Fsp3) is 0.176. The molecule has 2 aromatic heterocycles. The van der Waals surface area contributed by atoms with E-state index in [1.807, 2.05) is 6.92 Å². The highest BCUT2D eigenvalue weighted by molar-refractivity contribution is 8.01. The van der Waals surface area contributed by atoms with Gasteiger partial charge in [-0.25, -0.2) is 0 Å². The number of rotatable bonds is 8. The van der Waals surface area contributed by atoms with E-state index < -0.39 is 5.91 Å². The molecule has 8 nitrogen and oxygen atoms in total. The third-order valence-electron chi connectivity index (χ3n) is 3.15. The minimum atomic E-state index is -0.402. The molecule has 0 unspecified atom stereocenters. The van der Waals surface area contributed by atoms with Gasteiger partial charge < -0.3 is 14.5 Å². The highest BCUT2D eigenvalue weighted by atomic mass is 32.2. The van der Waals surface area contributed by atoms with E-state index in [9.17, 15) is 9.59 Å². The molecule has 0 aliphatic carbocycles. The number of hydrogen-bond acceptors (Lipinski definition) is 8.